The van der Waals surface area contributed by atoms with Crippen LogP contribution in [0.1, 0.15) is 39.5 Å². The van der Waals surface area contributed by atoms with Gasteiger partial charge in [-0.15, -0.1) is 0 Å². The minimum atomic E-state index is -0.152. The van der Waals surface area contributed by atoms with Crippen molar-refractivity contribution in [1.82, 2.24) is 10.2 Å². The molecule has 0 aliphatic carbocycles. The Hall–Kier alpha value is -0.120. The van der Waals surface area contributed by atoms with Crippen molar-refractivity contribution in [3.05, 3.63) is 0 Å². The number of rotatable bonds is 6. The lowest BCUT2D eigenvalue weighted by atomic mass is 10.0. The molecule has 0 amide bonds. The van der Waals surface area contributed by atoms with E-state index in [-0.39, 0.29) is 6.10 Å². The summed E-state index contributed by atoms with van der Waals surface area (Å²) in [6.07, 6.45) is 4.51. The van der Waals surface area contributed by atoms with Crippen LogP contribution in [-0.2, 0) is 0 Å². The first-order valence-electron chi connectivity index (χ1n) is 6.36. The number of piperidine rings is 1. The van der Waals surface area contributed by atoms with Crippen LogP contribution in [0.3, 0.4) is 0 Å². The van der Waals surface area contributed by atoms with Gasteiger partial charge in [-0.25, -0.2) is 0 Å². The molecule has 1 aliphatic rings. The normalized spacial score (nSPS) is 21.8. The van der Waals surface area contributed by atoms with Crippen LogP contribution in [0.5, 0.6) is 0 Å². The maximum absolute atomic E-state index is 9.21. The van der Waals surface area contributed by atoms with E-state index in [1.54, 1.807) is 0 Å². The highest BCUT2D eigenvalue weighted by Gasteiger charge is 2.18. The Morgan fingerprint density at radius 3 is 2.60 bits per heavy atom. The third-order valence-corrected chi connectivity index (χ3v) is 3.13. The molecule has 1 aliphatic heterocycles. The third-order valence-electron chi connectivity index (χ3n) is 3.13. The summed E-state index contributed by atoms with van der Waals surface area (Å²) in [5, 5.41) is 12.8. The Morgan fingerprint density at radius 2 is 2.07 bits per heavy atom. The van der Waals surface area contributed by atoms with Gasteiger partial charge in [0.25, 0.3) is 0 Å². The van der Waals surface area contributed by atoms with Crippen LogP contribution >= 0.6 is 0 Å². The van der Waals surface area contributed by atoms with Crippen LogP contribution in [0.4, 0.5) is 0 Å². The van der Waals surface area contributed by atoms with Gasteiger partial charge in [0.2, 0.25) is 0 Å². The Balaban J connectivity index is 2.07. The summed E-state index contributed by atoms with van der Waals surface area (Å²) >= 11 is 0. The molecular weight excluding hydrogens is 188 g/mol. The second-order valence-corrected chi connectivity index (χ2v) is 4.71. The number of nitrogens with zero attached hydrogens (tertiary/aromatic N) is 1. The van der Waals surface area contributed by atoms with Crippen LogP contribution in [0, 0.1) is 0 Å². The lowest BCUT2D eigenvalue weighted by molar-refractivity contribution is 0.138. The number of hydrogen-bond acceptors (Lipinski definition) is 3. The van der Waals surface area contributed by atoms with Gasteiger partial charge in [-0.3, -0.25) is 0 Å². The first-order valence-corrected chi connectivity index (χ1v) is 6.36. The molecule has 3 nitrogen and oxygen atoms in total. The van der Waals surface area contributed by atoms with Crippen molar-refractivity contribution in [3.63, 3.8) is 0 Å². The molecule has 1 saturated heterocycles. The molecule has 3 heteroatoms. The van der Waals surface area contributed by atoms with E-state index in [2.05, 4.69) is 17.1 Å². The standard InChI is InChI=1S/C12H26N2O/c1-3-7-13-12-5-9-14(10-6-12)8-4-11(2)15/h11-13,15H,3-10H2,1-2H3. The minimum absolute atomic E-state index is 0.152. The van der Waals surface area contributed by atoms with Crippen molar-refractivity contribution in [1.29, 1.82) is 0 Å². The van der Waals surface area contributed by atoms with E-state index >= 15 is 0 Å². The lowest BCUT2D eigenvalue weighted by Crippen LogP contribution is -2.43. The van der Waals surface area contributed by atoms with E-state index in [0.717, 1.165) is 25.6 Å². The molecule has 1 unspecified atom stereocenters. The molecule has 0 spiro atoms. The van der Waals surface area contributed by atoms with Crippen LogP contribution in [0.25, 0.3) is 0 Å². The van der Waals surface area contributed by atoms with E-state index < -0.39 is 0 Å². The first-order chi connectivity index (χ1) is 7.22. The van der Waals surface area contributed by atoms with Crippen molar-refractivity contribution < 1.29 is 5.11 Å². The fourth-order valence-corrected chi connectivity index (χ4v) is 2.08. The summed E-state index contributed by atoms with van der Waals surface area (Å²) in [7, 11) is 0. The summed E-state index contributed by atoms with van der Waals surface area (Å²) in [5.41, 5.74) is 0. The largest absolute Gasteiger partial charge is 0.393 e. The van der Waals surface area contributed by atoms with Crippen molar-refractivity contribution in [3.8, 4) is 0 Å². The summed E-state index contributed by atoms with van der Waals surface area (Å²) in [4.78, 5) is 2.47. The molecule has 1 rings (SSSR count). The Bertz CT molecular complexity index is 154. The number of likely N-dealkylation sites (tertiary alicyclic amines) is 1. The molecule has 0 aromatic carbocycles. The zero-order valence-electron chi connectivity index (χ0n) is 10.2. The highest BCUT2D eigenvalue weighted by Crippen LogP contribution is 2.11. The molecule has 1 heterocycles. The van der Waals surface area contributed by atoms with Gasteiger partial charge in [-0.1, -0.05) is 6.92 Å². The Morgan fingerprint density at radius 1 is 1.40 bits per heavy atom. The van der Waals surface area contributed by atoms with Gasteiger partial charge in [-0.2, -0.15) is 0 Å². The van der Waals surface area contributed by atoms with Gasteiger partial charge in [-0.05, 0) is 52.2 Å². The molecule has 15 heavy (non-hydrogen) atoms. The van der Waals surface area contributed by atoms with Crippen LogP contribution in [-0.4, -0.2) is 48.3 Å². The van der Waals surface area contributed by atoms with Crippen molar-refractivity contribution in [2.24, 2.45) is 0 Å². The monoisotopic (exact) mass is 214 g/mol. The molecule has 2 N–H and O–H groups in total. The predicted molar refractivity (Wildman–Crippen MR) is 64.1 cm³/mol. The van der Waals surface area contributed by atoms with Gasteiger partial charge < -0.3 is 15.3 Å². The van der Waals surface area contributed by atoms with E-state index in [0.29, 0.717) is 0 Å². The van der Waals surface area contributed by atoms with Crippen molar-refractivity contribution in [2.45, 2.75) is 51.7 Å². The lowest BCUT2D eigenvalue weighted by Gasteiger charge is -2.32. The summed E-state index contributed by atoms with van der Waals surface area (Å²) in [6.45, 7) is 8.67. The average molecular weight is 214 g/mol. The Kier molecular flexibility index (Phi) is 6.22. The van der Waals surface area contributed by atoms with Gasteiger partial charge in [0, 0.05) is 12.6 Å². The number of hydrogen-bond donors (Lipinski definition) is 2. The number of aliphatic hydroxyl groups is 1. The van der Waals surface area contributed by atoms with Crippen molar-refractivity contribution >= 4 is 0 Å². The smallest absolute Gasteiger partial charge is 0.0524 e. The molecule has 90 valence electrons. The Labute approximate surface area is 93.9 Å². The van der Waals surface area contributed by atoms with Gasteiger partial charge >= 0.3 is 0 Å². The fraction of sp³-hybridized carbons (Fsp3) is 1.00. The highest BCUT2D eigenvalue weighted by atomic mass is 16.3. The maximum atomic E-state index is 9.21. The average Bonchev–Trinajstić information content (AvgIpc) is 2.25. The zero-order valence-corrected chi connectivity index (χ0v) is 10.2. The number of aliphatic hydroxyl groups excluding tert-OH is 1. The topological polar surface area (TPSA) is 35.5 Å². The van der Waals surface area contributed by atoms with E-state index in [1.807, 2.05) is 6.92 Å². The van der Waals surface area contributed by atoms with E-state index in [4.69, 9.17) is 0 Å². The van der Waals surface area contributed by atoms with Gasteiger partial charge in [0.05, 0.1) is 6.10 Å². The van der Waals surface area contributed by atoms with Crippen LogP contribution < -0.4 is 5.32 Å². The van der Waals surface area contributed by atoms with Crippen molar-refractivity contribution in [2.75, 3.05) is 26.2 Å². The highest BCUT2D eigenvalue weighted by molar-refractivity contribution is 4.77. The third kappa shape index (κ3) is 5.50. The maximum Gasteiger partial charge on any atom is 0.0524 e. The van der Waals surface area contributed by atoms with Gasteiger partial charge in [0.15, 0.2) is 0 Å². The minimum Gasteiger partial charge on any atom is -0.393 e. The molecule has 0 bridgehead atoms. The predicted octanol–water partition coefficient (Wildman–Crippen LogP) is 1.22. The second kappa shape index (κ2) is 7.20. The molecular formula is C12H26N2O. The SMILES string of the molecule is CCCNC1CCN(CCC(C)O)CC1. The molecule has 0 aromatic heterocycles. The summed E-state index contributed by atoms with van der Waals surface area (Å²) in [6, 6.07) is 0.729. The van der Waals surface area contributed by atoms with Gasteiger partial charge in [0.1, 0.15) is 0 Å². The van der Waals surface area contributed by atoms with E-state index in [9.17, 15) is 5.11 Å². The molecule has 1 atom stereocenters. The quantitative estimate of drug-likeness (QED) is 0.698. The molecule has 1 fully saturated rings. The molecule has 0 saturated carbocycles. The fourth-order valence-electron chi connectivity index (χ4n) is 2.08. The van der Waals surface area contributed by atoms with E-state index in [1.165, 1.54) is 32.4 Å². The number of nitrogens with one attached hydrogen (secondary N) is 1. The summed E-state index contributed by atoms with van der Waals surface area (Å²) in [5.74, 6) is 0. The summed E-state index contributed by atoms with van der Waals surface area (Å²) < 4.78 is 0. The first kappa shape index (κ1) is 12.9. The van der Waals surface area contributed by atoms with Crippen LogP contribution in [0.15, 0.2) is 0 Å². The second-order valence-electron chi connectivity index (χ2n) is 4.71. The molecule has 0 aromatic rings. The van der Waals surface area contributed by atoms with Crippen LogP contribution in [0.2, 0.25) is 0 Å². The molecule has 0 radical (unpaired) electrons. The zero-order chi connectivity index (χ0) is 11.1.